The molecular formula is C13H20N2O3S. The maximum Gasteiger partial charge on any atom is 0.240 e. The van der Waals surface area contributed by atoms with Crippen LogP contribution in [0.1, 0.15) is 18.4 Å². The van der Waals surface area contributed by atoms with E-state index in [1.54, 1.807) is 25.3 Å². The van der Waals surface area contributed by atoms with Crippen LogP contribution < -0.4 is 14.8 Å². The van der Waals surface area contributed by atoms with Crippen LogP contribution >= 0.6 is 0 Å². The molecule has 106 valence electrons. The lowest BCUT2D eigenvalue weighted by molar-refractivity contribution is 0.411. The highest BCUT2D eigenvalue weighted by Gasteiger charge is 2.20. The minimum absolute atomic E-state index is 0.275. The lowest BCUT2D eigenvalue weighted by atomic mass is 10.2. The molecule has 2 N–H and O–H groups in total. The first-order valence-corrected chi connectivity index (χ1v) is 7.89. The van der Waals surface area contributed by atoms with Gasteiger partial charge >= 0.3 is 0 Å². The summed E-state index contributed by atoms with van der Waals surface area (Å²) in [6, 6.07) is 5.44. The lowest BCUT2D eigenvalue weighted by Gasteiger charge is -2.10. The van der Waals surface area contributed by atoms with Crippen LogP contribution in [0, 0.1) is 6.92 Å². The SMILES string of the molecule is COc1ccc(S(=O)(=O)NCCNC2CC2)cc1C. The lowest BCUT2D eigenvalue weighted by Crippen LogP contribution is -2.32. The second-order valence-electron chi connectivity index (χ2n) is 4.76. The van der Waals surface area contributed by atoms with Gasteiger partial charge in [0.25, 0.3) is 0 Å². The molecule has 0 bridgehead atoms. The summed E-state index contributed by atoms with van der Waals surface area (Å²) < 4.78 is 31.8. The monoisotopic (exact) mass is 284 g/mol. The second kappa shape index (κ2) is 5.90. The summed E-state index contributed by atoms with van der Waals surface area (Å²) in [7, 11) is -1.86. The van der Waals surface area contributed by atoms with E-state index in [1.807, 2.05) is 6.92 Å². The number of hydrogen-bond donors (Lipinski definition) is 2. The van der Waals surface area contributed by atoms with Crippen molar-refractivity contribution >= 4 is 10.0 Å². The minimum atomic E-state index is -3.43. The van der Waals surface area contributed by atoms with Crippen molar-refractivity contribution in [3.63, 3.8) is 0 Å². The zero-order chi connectivity index (χ0) is 13.9. The summed E-state index contributed by atoms with van der Waals surface area (Å²) in [6.07, 6.45) is 2.40. The summed E-state index contributed by atoms with van der Waals surface area (Å²) >= 11 is 0. The average molecular weight is 284 g/mol. The number of benzene rings is 1. The smallest absolute Gasteiger partial charge is 0.240 e. The van der Waals surface area contributed by atoms with Crippen LogP contribution in [0.15, 0.2) is 23.1 Å². The van der Waals surface area contributed by atoms with E-state index in [0.29, 0.717) is 24.9 Å². The minimum Gasteiger partial charge on any atom is -0.496 e. The van der Waals surface area contributed by atoms with Crippen molar-refractivity contribution in [3.8, 4) is 5.75 Å². The molecule has 1 aliphatic rings. The fourth-order valence-electron chi connectivity index (χ4n) is 1.85. The fraction of sp³-hybridized carbons (Fsp3) is 0.538. The fourth-order valence-corrected chi connectivity index (χ4v) is 2.97. The Kier molecular flexibility index (Phi) is 4.44. The first kappa shape index (κ1) is 14.3. The van der Waals surface area contributed by atoms with Crippen LogP contribution in [0.25, 0.3) is 0 Å². The number of nitrogens with one attached hydrogen (secondary N) is 2. The van der Waals surface area contributed by atoms with Crippen LogP contribution in [-0.4, -0.2) is 34.7 Å². The molecule has 1 aromatic carbocycles. The number of ether oxygens (including phenoxy) is 1. The van der Waals surface area contributed by atoms with Gasteiger partial charge < -0.3 is 10.1 Å². The van der Waals surface area contributed by atoms with Crippen LogP contribution in [0.5, 0.6) is 5.75 Å². The number of sulfonamides is 1. The number of hydrogen-bond acceptors (Lipinski definition) is 4. The predicted octanol–water partition coefficient (Wildman–Crippen LogP) is 1.03. The van der Waals surface area contributed by atoms with E-state index in [0.717, 1.165) is 5.56 Å². The van der Waals surface area contributed by atoms with Gasteiger partial charge in [-0.3, -0.25) is 0 Å². The van der Waals surface area contributed by atoms with Gasteiger partial charge in [-0.1, -0.05) is 0 Å². The molecule has 0 unspecified atom stereocenters. The van der Waals surface area contributed by atoms with Crippen LogP contribution in [0.2, 0.25) is 0 Å². The highest BCUT2D eigenvalue weighted by atomic mass is 32.2. The van der Waals surface area contributed by atoms with Crippen molar-refractivity contribution in [2.75, 3.05) is 20.2 Å². The first-order chi connectivity index (χ1) is 9.03. The average Bonchev–Trinajstić information content (AvgIpc) is 3.18. The van der Waals surface area contributed by atoms with E-state index < -0.39 is 10.0 Å². The number of methoxy groups -OCH3 is 1. The van der Waals surface area contributed by atoms with Gasteiger partial charge in [0, 0.05) is 19.1 Å². The molecule has 6 heteroatoms. The maximum absolute atomic E-state index is 12.1. The molecule has 0 heterocycles. The standard InChI is InChI=1S/C13H20N2O3S/c1-10-9-12(5-6-13(10)18-2)19(16,17)15-8-7-14-11-3-4-11/h5-6,9,11,14-15H,3-4,7-8H2,1-2H3. The van der Waals surface area contributed by atoms with Gasteiger partial charge in [-0.25, -0.2) is 13.1 Å². The van der Waals surface area contributed by atoms with Crippen molar-refractivity contribution < 1.29 is 13.2 Å². The summed E-state index contributed by atoms with van der Waals surface area (Å²) in [6.45, 7) is 2.90. The molecule has 0 spiro atoms. The Morgan fingerprint density at radius 2 is 2.05 bits per heavy atom. The molecule has 2 rings (SSSR count). The molecular weight excluding hydrogens is 264 g/mol. The van der Waals surface area contributed by atoms with E-state index >= 15 is 0 Å². The van der Waals surface area contributed by atoms with Crippen molar-refractivity contribution in [2.45, 2.75) is 30.7 Å². The predicted molar refractivity (Wildman–Crippen MR) is 73.9 cm³/mol. The van der Waals surface area contributed by atoms with Gasteiger partial charge in [0.1, 0.15) is 5.75 Å². The van der Waals surface area contributed by atoms with E-state index in [1.165, 1.54) is 12.8 Å². The van der Waals surface area contributed by atoms with E-state index in [2.05, 4.69) is 10.0 Å². The van der Waals surface area contributed by atoms with E-state index in [-0.39, 0.29) is 4.90 Å². The third-order valence-electron chi connectivity index (χ3n) is 3.10. The Balaban J connectivity index is 1.95. The third kappa shape index (κ3) is 3.92. The summed E-state index contributed by atoms with van der Waals surface area (Å²) in [5.74, 6) is 0.689. The number of rotatable bonds is 7. The molecule has 1 aromatic rings. The highest BCUT2D eigenvalue weighted by Crippen LogP contribution is 2.21. The molecule has 19 heavy (non-hydrogen) atoms. The Hall–Kier alpha value is -1.11. The highest BCUT2D eigenvalue weighted by molar-refractivity contribution is 7.89. The Labute approximate surface area is 114 Å². The van der Waals surface area contributed by atoms with Gasteiger partial charge in [0.15, 0.2) is 0 Å². The Bertz CT molecular complexity index is 539. The van der Waals surface area contributed by atoms with Crippen molar-refractivity contribution in [1.29, 1.82) is 0 Å². The summed E-state index contributed by atoms with van der Waals surface area (Å²) in [5.41, 5.74) is 0.807. The van der Waals surface area contributed by atoms with E-state index in [9.17, 15) is 8.42 Å². The normalized spacial score (nSPS) is 15.5. The van der Waals surface area contributed by atoms with Gasteiger partial charge in [-0.05, 0) is 43.5 Å². The molecule has 0 saturated heterocycles. The quantitative estimate of drug-likeness (QED) is 0.734. The van der Waals surface area contributed by atoms with Crippen molar-refractivity contribution in [1.82, 2.24) is 10.0 Å². The Morgan fingerprint density at radius 1 is 1.32 bits per heavy atom. The van der Waals surface area contributed by atoms with Gasteiger partial charge in [-0.15, -0.1) is 0 Å². The maximum atomic E-state index is 12.1. The topological polar surface area (TPSA) is 67.4 Å². The van der Waals surface area contributed by atoms with Gasteiger partial charge in [-0.2, -0.15) is 0 Å². The second-order valence-corrected chi connectivity index (χ2v) is 6.52. The van der Waals surface area contributed by atoms with Crippen molar-refractivity contribution in [2.24, 2.45) is 0 Å². The third-order valence-corrected chi connectivity index (χ3v) is 4.56. The molecule has 0 amide bonds. The first-order valence-electron chi connectivity index (χ1n) is 6.40. The molecule has 0 aromatic heterocycles. The molecule has 0 atom stereocenters. The molecule has 5 nitrogen and oxygen atoms in total. The van der Waals surface area contributed by atoms with Crippen molar-refractivity contribution in [3.05, 3.63) is 23.8 Å². The zero-order valence-electron chi connectivity index (χ0n) is 11.3. The zero-order valence-corrected chi connectivity index (χ0v) is 12.1. The molecule has 1 fully saturated rings. The Morgan fingerprint density at radius 3 is 2.63 bits per heavy atom. The van der Waals surface area contributed by atoms with Crippen LogP contribution in [0.3, 0.4) is 0 Å². The van der Waals surface area contributed by atoms with Crippen LogP contribution in [-0.2, 0) is 10.0 Å². The molecule has 0 radical (unpaired) electrons. The summed E-state index contributed by atoms with van der Waals surface area (Å²) in [4.78, 5) is 0.275. The summed E-state index contributed by atoms with van der Waals surface area (Å²) in [5, 5.41) is 3.26. The van der Waals surface area contributed by atoms with Gasteiger partial charge in [0.05, 0.1) is 12.0 Å². The van der Waals surface area contributed by atoms with Crippen LogP contribution in [0.4, 0.5) is 0 Å². The number of aryl methyl sites for hydroxylation is 1. The largest absolute Gasteiger partial charge is 0.496 e. The molecule has 0 aliphatic heterocycles. The molecule has 1 saturated carbocycles. The van der Waals surface area contributed by atoms with E-state index in [4.69, 9.17) is 4.74 Å². The van der Waals surface area contributed by atoms with Gasteiger partial charge in [0.2, 0.25) is 10.0 Å². The molecule has 1 aliphatic carbocycles.